The molecule has 0 radical (unpaired) electrons. The molecule has 0 heterocycles. The van der Waals surface area contributed by atoms with Crippen molar-refractivity contribution in [3.63, 3.8) is 0 Å². The molecule has 0 spiro atoms. The first-order chi connectivity index (χ1) is 22.0. The first-order valence-corrected chi connectivity index (χ1v) is 19.8. The molecule has 1 atom stereocenters. The molecule has 0 unspecified atom stereocenters. The number of aliphatic carboxylic acids is 1. The van der Waals surface area contributed by atoms with Crippen LogP contribution in [0.1, 0.15) is 219 Å². The molecule has 0 saturated carbocycles. The van der Waals surface area contributed by atoms with E-state index in [9.17, 15) is 19.5 Å². The highest BCUT2D eigenvalue weighted by Gasteiger charge is 2.20. The quantitative estimate of drug-likeness (QED) is 0.0596. The topological polar surface area (TPSA) is 95.5 Å². The lowest BCUT2D eigenvalue weighted by Gasteiger charge is -2.15. The third kappa shape index (κ3) is 33.6. The van der Waals surface area contributed by atoms with Crippen LogP contribution in [0, 0.1) is 0 Å². The molecule has 6 heteroatoms. The van der Waals surface area contributed by atoms with Crippen molar-refractivity contribution in [2.75, 3.05) is 6.54 Å². The lowest BCUT2D eigenvalue weighted by molar-refractivity contribution is -0.141. The highest BCUT2D eigenvalue weighted by molar-refractivity contribution is 5.84. The Kier molecular flexibility index (Phi) is 34.0. The molecule has 0 fully saturated rings. The van der Waals surface area contributed by atoms with Gasteiger partial charge in [-0.3, -0.25) is 9.59 Å². The third-order valence-corrected chi connectivity index (χ3v) is 9.15. The summed E-state index contributed by atoms with van der Waals surface area (Å²) in [7, 11) is 0. The maximum Gasteiger partial charge on any atom is 0.328 e. The number of nitrogens with one attached hydrogen (secondary N) is 2. The van der Waals surface area contributed by atoms with Crippen LogP contribution < -0.4 is 10.6 Å². The van der Waals surface area contributed by atoms with Crippen molar-refractivity contribution in [2.24, 2.45) is 0 Å². The Morgan fingerprint density at radius 1 is 0.422 bits per heavy atom. The summed E-state index contributed by atoms with van der Waals surface area (Å²) in [5.74, 6) is -1.48. The van der Waals surface area contributed by atoms with Crippen molar-refractivity contribution in [2.45, 2.75) is 225 Å². The molecular weight excluding hydrogens is 560 g/mol. The summed E-state index contributed by atoms with van der Waals surface area (Å²) < 4.78 is 0. The van der Waals surface area contributed by atoms with Gasteiger partial charge in [-0.1, -0.05) is 194 Å². The molecule has 0 aliphatic carbocycles. The number of unbranched alkanes of at least 4 members (excludes halogenated alkanes) is 28. The number of hydrogen-bond donors (Lipinski definition) is 3. The largest absolute Gasteiger partial charge is 0.480 e. The van der Waals surface area contributed by atoms with E-state index in [2.05, 4.69) is 24.5 Å². The van der Waals surface area contributed by atoms with E-state index in [0.717, 1.165) is 38.5 Å². The van der Waals surface area contributed by atoms with Gasteiger partial charge in [0.2, 0.25) is 11.8 Å². The lowest BCUT2D eigenvalue weighted by Crippen LogP contribution is -2.48. The summed E-state index contributed by atoms with van der Waals surface area (Å²) in [6.45, 7) is 4.47. The minimum absolute atomic E-state index is 0.0580. The fraction of sp³-hybridized carbons (Fsp3) is 0.923. The molecule has 6 nitrogen and oxygen atoms in total. The summed E-state index contributed by atoms with van der Waals surface area (Å²) in [5.41, 5.74) is 0. The Bertz CT molecular complexity index is 669. The standard InChI is InChI=1S/C39H76N2O4/c1-3-5-7-9-11-13-15-17-19-21-23-25-27-29-31-33-37(42)40-35-36(39(44)45)41-38(43)34-32-30-28-26-24-22-20-18-16-14-12-10-8-6-4-2/h36H,3-35H2,1-2H3,(H,40,42)(H,41,43)(H,44,45)/t36-/m0/s1. The van der Waals surface area contributed by atoms with Crippen LogP contribution in [0.15, 0.2) is 0 Å². The molecule has 0 aromatic heterocycles. The summed E-state index contributed by atoms with van der Waals surface area (Å²) in [6, 6.07) is -1.07. The molecule has 0 bridgehead atoms. The molecule has 2 amide bonds. The Hall–Kier alpha value is -1.59. The molecule has 0 aromatic carbocycles. The van der Waals surface area contributed by atoms with Crippen LogP contribution in [-0.4, -0.2) is 35.5 Å². The van der Waals surface area contributed by atoms with Gasteiger partial charge < -0.3 is 15.7 Å². The molecule has 0 rings (SSSR count). The van der Waals surface area contributed by atoms with Crippen LogP contribution in [-0.2, 0) is 14.4 Å². The number of carboxylic acid groups (broad SMARTS) is 1. The van der Waals surface area contributed by atoms with Gasteiger partial charge >= 0.3 is 5.97 Å². The average molecular weight is 637 g/mol. The van der Waals surface area contributed by atoms with E-state index >= 15 is 0 Å². The Morgan fingerprint density at radius 3 is 0.978 bits per heavy atom. The van der Waals surface area contributed by atoms with Crippen molar-refractivity contribution in [1.82, 2.24) is 10.6 Å². The van der Waals surface area contributed by atoms with Gasteiger partial charge in [-0.05, 0) is 12.8 Å². The molecule has 45 heavy (non-hydrogen) atoms. The van der Waals surface area contributed by atoms with E-state index in [-0.39, 0.29) is 18.4 Å². The number of amides is 2. The molecule has 0 aliphatic heterocycles. The average Bonchev–Trinajstić information content (AvgIpc) is 3.02. The highest BCUT2D eigenvalue weighted by Crippen LogP contribution is 2.15. The second-order valence-electron chi connectivity index (χ2n) is 13.7. The van der Waals surface area contributed by atoms with Gasteiger partial charge in [0.05, 0.1) is 0 Å². The maximum absolute atomic E-state index is 12.3. The summed E-state index contributed by atoms with van der Waals surface area (Å²) in [6.07, 6.45) is 39.0. The number of carbonyl (C=O) groups is 3. The number of rotatable bonds is 36. The Labute approximate surface area is 279 Å². The minimum atomic E-state index is -1.10. The first-order valence-electron chi connectivity index (χ1n) is 19.8. The fourth-order valence-electron chi connectivity index (χ4n) is 6.08. The molecule has 3 N–H and O–H groups in total. The van der Waals surface area contributed by atoms with Crippen molar-refractivity contribution in [3.05, 3.63) is 0 Å². The highest BCUT2D eigenvalue weighted by atomic mass is 16.4. The van der Waals surface area contributed by atoms with Crippen LogP contribution in [0.25, 0.3) is 0 Å². The van der Waals surface area contributed by atoms with Gasteiger partial charge in [-0.15, -0.1) is 0 Å². The van der Waals surface area contributed by atoms with Crippen LogP contribution >= 0.6 is 0 Å². The van der Waals surface area contributed by atoms with Crippen LogP contribution in [0.3, 0.4) is 0 Å². The van der Waals surface area contributed by atoms with Gasteiger partial charge in [0.1, 0.15) is 6.04 Å². The van der Waals surface area contributed by atoms with E-state index in [1.807, 2.05) is 0 Å². The smallest absolute Gasteiger partial charge is 0.328 e. The van der Waals surface area contributed by atoms with E-state index in [4.69, 9.17) is 0 Å². The van der Waals surface area contributed by atoms with Crippen molar-refractivity contribution in [3.8, 4) is 0 Å². The van der Waals surface area contributed by atoms with E-state index in [1.54, 1.807) is 0 Å². The first kappa shape index (κ1) is 43.4. The van der Waals surface area contributed by atoms with E-state index in [0.29, 0.717) is 12.8 Å². The number of carbonyl (C=O) groups excluding carboxylic acids is 2. The monoisotopic (exact) mass is 637 g/mol. The molecular formula is C39H76N2O4. The van der Waals surface area contributed by atoms with Gasteiger partial charge in [0, 0.05) is 19.4 Å². The molecule has 266 valence electrons. The summed E-state index contributed by atoms with van der Waals surface area (Å²) in [4.78, 5) is 36.1. The van der Waals surface area contributed by atoms with E-state index in [1.165, 1.54) is 154 Å². The zero-order valence-corrected chi connectivity index (χ0v) is 30.1. The Morgan fingerprint density at radius 2 is 0.689 bits per heavy atom. The fourth-order valence-corrected chi connectivity index (χ4v) is 6.08. The summed E-state index contributed by atoms with van der Waals surface area (Å²) in [5, 5.41) is 14.8. The molecule has 0 aliphatic rings. The zero-order valence-electron chi connectivity index (χ0n) is 30.1. The summed E-state index contributed by atoms with van der Waals surface area (Å²) >= 11 is 0. The predicted molar refractivity (Wildman–Crippen MR) is 192 cm³/mol. The second-order valence-corrected chi connectivity index (χ2v) is 13.7. The van der Waals surface area contributed by atoms with Gasteiger partial charge in [0.15, 0.2) is 0 Å². The van der Waals surface area contributed by atoms with Gasteiger partial charge in [0.25, 0.3) is 0 Å². The van der Waals surface area contributed by atoms with Crippen molar-refractivity contribution in [1.29, 1.82) is 0 Å². The van der Waals surface area contributed by atoms with E-state index < -0.39 is 12.0 Å². The van der Waals surface area contributed by atoms with Crippen molar-refractivity contribution < 1.29 is 19.5 Å². The van der Waals surface area contributed by atoms with Crippen LogP contribution in [0.4, 0.5) is 0 Å². The molecule has 0 aromatic rings. The normalized spacial score (nSPS) is 11.9. The lowest BCUT2D eigenvalue weighted by atomic mass is 10.0. The maximum atomic E-state index is 12.3. The second kappa shape index (κ2) is 35.3. The Balaban J connectivity index is 3.61. The third-order valence-electron chi connectivity index (χ3n) is 9.15. The van der Waals surface area contributed by atoms with Crippen molar-refractivity contribution >= 4 is 17.8 Å². The van der Waals surface area contributed by atoms with Gasteiger partial charge in [-0.2, -0.15) is 0 Å². The number of carboxylic acids is 1. The van der Waals surface area contributed by atoms with Crippen LogP contribution in [0.5, 0.6) is 0 Å². The van der Waals surface area contributed by atoms with Gasteiger partial charge in [-0.25, -0.2) is 4.79 Å². The zero-order chi connectivity index (χ0) is 33.1. The predicted octanol–water partition coefficient (Wildman–Crippen LogP) is 11.2. The van der Waals surface area contributed by atoms with Crippen LogP contribution in [0.2, 0.25) is 0 Å². The SMILES string of the molecule is CCCCCCCCCCCCCCCCCC(=O)NC[C@H](NC(=O)CCCCCCCCCCCCCCCCC)C(=O)O. The number of hydrogen-bond acceptors (Lipinski definition) is 3. The minimum Gasteiger partial charge on any atom is -0.480 e. The molecule has 0 saturated heterocycles.